The van der Waals surface area contributed by atoms with Crippen LogP contribution in [0.1, 0.15) is 32.1 Å². The van der Waals surface area contributed by atoms with Gasteiger partial charge in [0.15, 0.2) is 0 Å². The minimum absolute atomic E-state index is 0. The summed E-state index contributed by atoms with van der Waals surface area (Å²) in [5.41, 5.74) is 0. The molecule has 0 N–H and O–H groups in total. The Kier molecular flexibility index (Phi) is 917. The second-order valence-corrected chi connectivity index (χ2v) is 2.50. The van der Waals surface area contributed by atoms with Crippen LogP contribution in [0.3, 0.4) is 0 Å². The van der Waals surface area contributed by atoms with Gasteiger partial charge in [-0.2, -0.15) is 5.92 Å². The largest absolute Gasteiger partial charge is 0.340 e. The molecular formula is C7H13Y27-. The van der Waals surface area contributed by atoms with E-state index < -0.39 is 0 Å². The van der Waals surface area contributed by atoms with Gasteiger partial charge in [-0.1, -0.05) is 32.1 Å². The van der Waals surface area contributed by atoms with E-state index >= 15 is 0 Å². The van der Waals surface area contributed by atoms with Gasteiger partial charge in [0.25, 0.3) is 0 Å². The van der Waals surface area contributed by atoms with E-state index in [0.717, 1.165) is 5.92 Å². The summed E-state index contributed by atoms with van der Waals surface area (Å²) in [5, 5.41) is 0. The molecule has 27 radical (unpaired) electrons. The maximum Gasteiger partial charge on any atom is 0 e. The number of rotatable bonds is 0. The zero-order chi connectivity index (χ0) is 5.11. The third-order valence-corrected chi connectivity index (χ3v) is 1.72. The van der Waals surface area contributed by atoms with Crippen LogP contribution >= 0.6 is 0 Å². The van der Waals surface area contributed by atoms with Crippen LogP contribution in [0, 0.1) is 12.8 Å². The van der Waals surface area contributed by atoms with Crippen LogP contribution < -0.4 is 0 Å². The van der Waals surface area contributed by atoms with Crippen LogP contribution in [-0.2, 0) is 883 Å². The Labute approximate surface area is 893 Å². The zero-order valence-corrected chi connectivity index (χ0v) is 97.0. The van der Waals surface area contributed by atoms with E-state index in [2.05, 4.69) is 6.92 Å². The molecule has 0 aromatic carbocycles. The van der Waals surface area contributed by atoms with Gasteiger partial charge in [0, 0.05) is 883 Å². The van der Waals surface area contributed by atoms with Crippen LogP contribution in [0.2, 0.25) is 0 Å². The molecule has 0 bridgehead atoms. The molecule has 0 aliphatic heterocycles. The molecule has 1 aliphatic rings. The first-order chi connectivity index (χ1) is 3.39. The fourth-order valence-corrected chi connectivity index (χ4v) is 1.19. The summed E-state index contributed by atoms with van der Waals surface area (Å²) in [6, 6.07) is 0. The Morgan fingerprint density at radius 2 is 0.353 bits per heavy atom. The Morgan fingerprint density at radius 1 is 0.235 bits per heavy atom. The maximum absolute atomic E-state index is 4.00. The molecule has 0 spiro atoms. The van der Waals surface area contributed by atoms with Gasteiger partial charge in [0.1, 0.15) is 0 Å². The van der Waals surface area contributed by atoms with Crippen LogP contribution in [0.5, 0.6) is 0 Å². The Balaban J connectivity index is -0.000000000726. The molecule has 1 saturated carbocycles. The summed E-state index contributed by atoms with van der Waals surface area (Å²) >= 11 is 0. The van der Waals surface area contributed by atoms with E-state index in [-0.39, 0.29) is 883 Å². The molecule has 0 aromatic heterocycles. The molecule has 0 saturated heterocycles. The quantitative estimate of drug-likeness (QED) is 0.328. The van der Waals surface area contributed by atoms with Crippen molar-refractivity contribution in [3.63, 3.8) is 0 Å². The fourth-order valence-electron chi connectivity index (χ4n) is 1.19. The molecule has 0 unspecified atom stereocenters. The van der Waals surface area contributed by atoms with Crippen molar-refractivity contribution in [3.8, 4) is 0 Å². The van der Waals surface area contributed by atoms with Crippen molar-refractivity contribution < 1.29 is 883 Å². The van der Waals surface area contributed by atoms with Gasteiger partial charge >= 0.3 is 0 Å². The van der Waals surface area contributed by atoms with Gasteiger partial charge in [0.2, 0.25) is 0 Å². The van der Waals surface area contributed by atoms with E-state index in [1.165, 1.54) is 32.1 Å². The van der Waals surface area contributed by atoms with Crippen molar-refractivity contribution in [2.45, 2.75) is 32.1 Å². The average Bonchev–Trinajstić information content (AvgIpc) is 1.69. The van der Waals surface area contributed by atoms with E-state index in [1.54, 1.807) is 0 Å². The summed E-state index contributed by atoms with van der Waals surface area (Å²) in [4.78, 5) is 0. The van der Waals surface area contributed by atoms with Crippen LogP contribution in [-0.4, -0.2) is 0 Å². The Hall–Kier alpha value is 29.8. The molecule has 1 fully saturated rings. The molecule has 1 rings (SSSR count). The van der Waals surface area contributed by atoms with Crippen LogP contribution in [0.4, 0.5) is 0 Å². The van der Waals surface area contributed by atoms with Crippen molar-refractivity contribution in [2.24, 2.45) is 5.92 Å². The summed E-state index contributed by atoms with van der Waals surface area (Å²) in [5.74, 6) is 0.786. The molecular weight excluding hydrogens is 2480 g/mol. The van der Waals surface area contributed by atoms with Gasteiger partial charge < -0.3 is 6.92 Å². The first-order valence-electron chi connectivity index (χ1n) is 3.22. The minimum atomic E-state index is 0. The van der Waals surface area contributed by atoms with E-state index in [9.17, 15) is 0 Å². The summed E-state index contributed by atoms with van der Waals surface area (Å²) in [7, 11) is 0. The van der Waals surface area contributed by atoms with Crippen molar-refractivity contribution in [3.05, 3.63) is 6.92 Å². The van der Waals surface area contributed by atoms with E-state index in [4.69, 9.17) is 0 Å². The SMILES string of the molecule is [CH2-]C1CCCCC1.[Y].[Y].[Y].[Y].[Y].[Y].[Y].[Y].[Y].[Y].[Y].[Y].[Y].[Y].[Y].[Y].[Y].[Y].[Y].[Y].[Y].[Y].[Y].[Y].[Y].[Y].[Y]. The van der Waals surface area contributed by atoms with Gasteiger partial charge in [-0.25, -0.2) is 0 Å². The van der Waals surface area contributed by atoms with Gasteiger partial charge in [-0.05, 0) is 0 Å². The Bertz CT molecular complexity index is 66.9. The fraction of sp³-hybridized carbons (Fsp3) is 0.857. The van der Waals surface area contributed by atoms with Gasteiger partial charge in [-0.3, -0.25) is 0 Å². The first kappa shape index (κ1) is 186. The molecule has 27 heteroatoms. The van der Waals surface area contributed by atoms with Gasteiger partial charge in [-0.15, -0.1) is 0 Å². The predicted molar refractivity (Wildman–Crippen MR) is 31.9 cm³/mol. The molecule has 1 aliphatic carbocycles. The number of hydrogen-bond acceptors (Lipinski definition) is 0. The van der Waals surface area contributed by atoms with E-state index in [1.807, 2.05) is 0 Å². The number of hydrogen-bond donors (Lipinski definition) is 0. The molecule has 0 amide bonds. The van der Waals surface area contributed by atoms with Crippen molar-refractivity contribution in [1.29, 1.82) is 0 Å². The first-order valence-corrected chi connectivity index (χ1v) is 3.22. The molecule has 0 nitrogen and oxygen atoms in total. The average molecular weight is 2500 g/mol. The molecule has 123 valence electrons. The van der Waals surface area contributed by atoms with Crippen molar-refractivity contribution in [2.75, 3.05) is 0 Å². The molecule has 0 heterocycles. The molecule has 0 aromatic rings. The Morgan fingerprint density at radius 3 is 0.412 bits per heavy atom. The maximum atomic E-state index is 4.00. The van der Waals surface area contributed by atoms with Crippen molar-refractivity contribution in [1.82, 2.24) is 0 Å². The minimum Gasteiger partial charge on any atom is -0.340 e. The second-order valence-electron chi connectivity index (χ2n) is 2.50. The monoisotopic (exact) mass is 2500 g/mol. The second kappa shape index (κ2) is 168. The summed E-state index contributed by atoms with van der Waals surface area (Å²) < 4.78 is 0. The zero-order valence-electron chi connectivity index (χ0n) is 20.4. The van der Waals surface area contributed by atoms with E-state index in [0.29, 0.717) is 0 Å². The molecule has 0 atom stereocenters. The standard InChI is InChI=1S/C7H13.27Y/c1-7-5-3-2-4-6-7;;;;;;;;;;;;;;;;;;;;;;;;;;;/h7H,1-6H2;;;;;;;;;;;;;;;;;;;;;;;;;;;/q-1;;;;;;;;;;;;;;;;;;;;;;;;;;;. The summed E-state index contributed by atoms with van der Waals surface area (Å²) in [6.45, 7) is 4.00. The smallest absolute Gasteiger partial charge is 0 e. The summed E-state index contributed by atoms with van der Waals surface area (Å²) in [6.07, 6.45) is 7.05. The van der Waals surface area contributed by atoms with Gasteiger partial charge in [0.05, 0.1) is 0 Å². The third kappa shape index (κ3) is 160. The topological polar surface area (TPSA) is 0 Å². The van der Waals surface area contributed by atoms with Crippen molar-refractivity contribution >= 4 is 0 Å². The normalized spacial score (nSPS) is 5.21. The third-order valence-electron chi connectivity index (χ3n) is 1.72. The predicted octanol–water partition coefficient (Wildman–Crippen LogP) is 2.33. The van der Waals surface area contributed by atoms with Crippen LogP contribution in [0.15, 0.2) is 0 Å². The molecule has 34 heavy (non-hydrogen) atoms. The van der Waals surface area contributed by atoms with Crippen LogP contribution in [0.25, 0.3) is 0 Å².